The van der Waals surface area contributed by atoms with Gasteiger partial charge >= 0.3 is 5.97 Å². The van der Waals surface area contributed by atoms with Crippen LogP contribution in [0.5, 0.6) is 5.75 Å². The third kappa shape index (κ3) is 4.42. The molecule has 2 rings (SSSR count). The molecule has 0 fully saturated rings. The van der Waals surface area contributed by atoms with Gasteiger partial charge in [0, 0.05) is 5.56 Å². The van der Waals surface area contributed by atoms with Gasteiger partial charge < -0.3 is 9.57 Å². The summed E-state index contributed by atoms with van der Waals surface area (Å²) in [7, 11) is 1.58. The Morgan fingerprint density at radius 1 is 1.04 bits per heavy atom. The molecule has 0 aliphatic heterocycles. The minimum atomic E-state index is -0.489. The molecule has 0 aliphatic carbocycles. The number of carbonyl (C=O) groups is 1. The van der Waals surface area contributed by atoms with Gasteiger partial charge in [0.05, 0.1) is 18.9 Å². The van der Waals surface area contributed by atoms with Crippen LogP contribution in [0.3, 0.4) is 0 Å². The van der Waals surface area contributed by atoms with Crippen molar-refractivity contribution in [3.8, 4) is 5.75 Å². The van der Waals surface area contributed by atoms with Crippen LogP contribution in [0.4, 0.5) is 0 Å². The first-order valence-corrected chi connectivity index (χ1v) is 7.40. The molecule has 0 amide bonds. The maximum absolute atomic E-state index is 12.0. The Morgan fingerprint density at radius 3 is 2.30 bits per heavy atom. The topological polar surface area (TPSA) is 47.9 Å². The molecular weight excluding hydrogens is 290 g/mol. The third-order valence-electron chi connectivity index (χ3n) is 3.45. The van der Waals surface area contributed by atoms with E-state index in [0.29, 0.717) is 11.3 Å². The Labute approximate surface area is 136 Å². The summed E-state index contributed by atoms with van der Waals surface area (Å²) in [4.78, 5) is 16.9. The van der Waals surface area contributed by atoms with Gasteiger partial charge in [-0.05, 0) is 35.2 Å². The third-order valence-corrected chi connectivity index (χ3v) is 3.45. The monoisotopic (exact) mass is 311 g/mol. The van der Waals surface area contributed by atoms with Crippen molar-refractivity contribution < 1.29 is 14.4 Å². The van der Waals surface area contributed by atoms with Crippen LogP contribution in [0.15, 0.2) is 53.7 Å². The van der Waals surface area contributed by atoms with Crippen LogP contribution in [0.1, 0.15) is 42.3 Å². The predicted octanol–water partition coefficient (Wildman–Crippen LogP) is 4.18. The molecule has 120 valence electrons. The van der Waals surface area contributed by atoms with E-state index in [1.807, 2.05) is 36.4 Å². The van der Waals surface area contributed by atoms with E-state index in [-0.39, 0.29) is 5.41 Å². The number of hydrogen-bond donors (Lipinski definition) is 0. The molecule has 0 unspecified atom stereocenters. The first-order chi connectivity index (χ1) is 10.9. The molecule has 0 saturated heterocycles. The zero-order valence-electron chi connectivity index (χ0n) is 13.9. The molecule has 23 heavy (non-hydrogen) atoms. The number of ether oxygens (including phenoxy) is 1. The largest absolute Gasteiger partial charge is 0.496 e. The fourth-order valence-electron chi connectivity index (χ4n) is 2.06. The average Bonchev–Trinajstić information content (AvgIpc) is 2.54. The summed E-state index contributed by atoms with van der Waals surface area (Å²) in [5.41, 5.74) is 2.41. The summed E-state index contributed by atoms with van der Waals surface area (Å²) in [5.74, 6) is 0.179. The van der Waals surface area contributed by atoms with Gasteiger partial charge in [0.1, 0.15) is 5.75 Å². The van der Waals surface area contributed by atoms with E-state index in [1.165, 1.54) is 6.21 Å². The lowest BCUT2D eigenvalue weighted by Crippen LogP contribution is -2.11. The molecule has 0 aliphatic rings. The number of oxime groups is 1. The zero-order chi connectivity index (χ0) is 16.9. The van der Waals surface area contributed by atoms with E-state index in [9.17, 15) is 4.79 Å². The molecule has 0 radical (unpaired) electrons. The van der Waals surface area contributed by atoms with Gasteiger partial charge in [-0.3, -0.25) is 0 Å². The van der Waals surface area contributed by atoms with E-state index in [2.05, 4.69) is 25.9 Å². The minimum absolute atomic E-state index is 0.0461. The lowest BCUT2D eigenvalue weighted by Gasteiger charge is -2.18. The fourth-order valence-corrected chi connectivity index (χ4v) is 2.06. The molecule has 0 aromatic heterocycles. The van der Waals surface area contributed by atoms with Gasteiger partial charge in [-0.2, -0.15) is 0 Å². The summed E-state index contributed by atoms with van der Waals surface area (Å²) in [6.45, 7) is 6.37. The van der Waals surface area contributed by atoms with E-state index in [0.717, 1.165) is 11.1 Å². The Kier molecular flexibility index (Phi) is 5.16. The highest BCUT2D eigenvalue weighted by Crippen LogP contribution is 2.22. The van der Waals surface area contributed by atoms with E-state index < -0.39 is 5.97 Å². The van der Waals surface area contributed by atoms with Crippen molar-refractivity contribution in [1.29, 1.82) is 0 Å². The Balaban J connectivity index is 2.03. The van der Waals surface area contributed by atoms with Gasteiger partial charge in [-0.1, -0.05) is 50.2 Å². The number of rotatable bonds is 4. The highest BCUT2D eigenvalue weighted by Gasteiger charge is 2.14. The first kappa shape index (κ1) is 16.7. The molecule has 0 saturated carbocycles. The Hall–Kier alpha value is -2.62. The second kappa shape index (κ2) is 7.09. The molecule has 2 aromatic rings. The van der Waals surface area contributed by atoms with Crippen molar-refractivity contribution in [3.63, 3.8) is 0 Å². The fraction of sp³-hybridized carbons (Fsp3) is 0.263. The zero-order valence-corrected chi connectivity index (χ0v) is 13.9. The number of nitrogens with zero attached hydrogens (tertiary/aromatic N) is 1. The lowest BCUT2D eigenvalue weighted by atomic mass is 9.87. The van der Waals surface area contributed by atoms with E-state index in [4.69, 9.17) is 9.57 Å². The Bertz CT molecular complexity index is 697. The number of hydrogen-bond acceptors (Lipinski definition) is 4. The van der Waals surface area contributed by atoms with Crippen LogP contribution in [-0.2, 0) is 10.3 Å². The summed E-state index contributed by atoms with van der Waals surface area (Å²) >= 11 is 0. The van der Waals surface area contributed by atoms with Crippen LogP contribution in [0.25, 0.3) is 0 Å². The summed E-state index contributed by atoms with van der Waals surface area (Å²) in [5, 5.41) is 3.74. The standard InChI is InChI=1S/C19H21NO3/c1-19(2,3)16-11-9-14(10-12-16)18(21)23-20-13-15-7-5-6-8-17(15)22-4/h5-13H,1-4H3/b20-13-. The maximum Gasteiger partial charge on any atom is 0.365 e. The summed E-state index contributed by atoms with van der Waals surface area (Å²) in [6, 6.07) is 14.7. The SMILES string of the molecule is COc1ccccc1/C=N\OC(=O)c1ccc(C(C)(C)C)cc1. The van der Waals surface area contributed by atoms with Gasteiger partial charge in [0.25, 0.3) is 0 Å². The van der Waals surface area contributed by atoms with Crippen molar-refractivity contribution in [2.75, 3.05) is 7.11 Å². The van der Waals surface area contributed by atoms with Gasteiger partial charge in [0.2, 0.25) is 0 Å². The highest BCUT2D eigenvalue weighted by molar-refractivity contribution is 5.90. The maximum atomic E-state index is 12.0. The smallest absolute Gasteiger partial charge is 0.365 e. The van der Waals surface area contributed by atoms with Crippen molar-refractivity contribution in [1.82, 2.24) is 0 Å². The quantitative estimate of drug-likeness (QED) is 0.483. The normalized spacial score (nSPS) is 11.5. The number of benzene rings is 2. The van der Waals surface area contributed by atoms with E-state index >= 15 is 0 Å². The molecule has 0 spiro atoms. The van der Waals surface area contributed by atoms with Crippen molar-refractivity contribution in [3.05, 3.63) is 65.2 Å². The number of para-hydroxylation sites is 1. The first-order valence-electron chi connectivity index (χ1n) is 7.40. The van der Waals surface area contributed by atoms with Crippen LogP contribution >= 0.6 is 0 Å². The van der Waals surface area contributed by atoms with Gasteiger partial charge in [0.15, 0.2) is 0 Å². The summed E-state index contributed by atoms with van der Waals surface area (Å²) < 4.78 is 5.20. The molecular formula is C19H21NO3. The predicted molar refractivity (Wildman–Crippen MR) is 91.1 cm³/mol. The second-order valence-corrected chi connectivity index (χ2v) is 6.18. The lowest BCUT2D eigenvalue weighted by molar-refractivity contribution is 0.0519. The van der Waals surface area contributed by atoms with Crippen LogP contribution < -0.4 is 4.74 Å². The minimum Gasteiger partial charge on any atom is -0.496 e. The molecule has 0 N–H and O–H groups in total. The van der Waals surface area contributed by atoms with Crippen LogP contribution in [0.2, 0.25) is 0 Å². The van der Waals surface area contributed by atoms with Crippen molar-refractivity contribution >= 4 is 12.2 Å². The molecule has 0 heterocycles. The molecule has 0 atom stereocenters. The van der Waals surface area contributed by atoms with Crippen LogP contribution in [0, 0.1) is 0 Å². The van der Waals surface area contributed by atoms with Gasteiger partial charge in [-0.25, -0.2) is 4.79 Å². The van der Waals surface area contributed by atoms with E-state index in [1.54, 1.807) is 19.2 Å². The molecule has 2 aromatic carbocycles. The molecule has 4 nitrogen and oxygen atoms in total. The van der Waals surface area contributed by atoms with Crippen LogP contribution in [-0.4, -0.2) is 19.3 Å². The van der Waals surface area contributed by atoms with Crippen molar-refractivity contribution in [2.45, 2.75) is 26.2 Å². The highest BCUT2D eigenvalue weighted by atomic mass is 16.7. The summed E-state index contributed by atoms with van der Waals surface area (Å²) in [6.07, 6.45) is 1.46. The molecule has 4 heteroatoms. The number of carbonyl (C=O) groups excluding carboxylic acids is 1. The second-order valence-electron chi connectivity index (χ2n) is 6.18. The van der Waals surface area contributed by atoms with Crippen molar-refractivity contribution in [2.24, 2.45) is 5.16 Å². The number of methoxy groups -OCH3 is 1. The Morgan fingerprint density at radius 2 is 1.70 bits per heavy atom. The molecule has 0 bridgehead atoms. The average molecular weight is 311 g/mol. The van der Waals surface area contributed by atoms with Gasteiger partial charge in [-0.15, -0.1) is 0 Å².